The molecule has 8 heteroatoms. The summed E-state index contributed by atoms with van der Waals surface area (Å²) >= 11 is 3.35. The molecule has 0 bridgehead atoms. The molecule has 0 spiro atoms. The number of amides is 1. The maximum Gasteiger partial charge on any atom is 0.264 e. The van der Waals surface area contributed by atoms with Crippen molar-refractivity contribution in [2.24, 2.45) is 5.10 Å². The van der Waals surface area contributed by atoms with E-state index in [1.165, 1.54) is 12.3 Å². The van der Waals surface area contributed by atoms with E-state index < -0.39 is 0 Å². The number of hydrogen-bond acceptors (Lipinski definition) is 4. The fourth-order valence-electron chi connectivity index (χ4n) is 1.66. The highest BCUT2D eigenvalue weighted by atomic mass is 79.9. The van der Waals surface area contributed by atoms with E-state index in [-0.39, 0.29) is 17.9 Å². The molecule has 3 N–H and O–H groups in total. The van der Waals surface area contributed by atoms with Gasteiger partial charge in [0.05, 0.1) is 19.7 Å². The van der Waals surface area contributed by atoms with Gasteiger partial charge in [-0.25, -0.2) is 5.43 Å². The van der Waals surface area contributed by atoms with Crippen LogP contribution < -0.4 is 15.7 Å². The van der Waals surface area contributed by atoms with Crippen LogP contribution >= 0.6 is 15.9 Å². The minimum absolute atomic E-state index is 0.0334. The number of nitrogens with one attached hydrogen (secondary N) is 3. The van der Waals surface area contributed by atoms with Gasteiger partial charge in [-0.1, -0.05) is 15.9 Å². The smallest absolute Gasteiger partial charge is 0.264 e. The summed E-state index contributed by atoms with van der Waals surface area (Å²) in [5, 5.41) is 8.82. The van der Waals surface area contributed by atoms with Gasteiger partial charge in [0.1, 0.15) is 5.75 Å². The molecule has 1 aromatic carbocycles. The number of ether oxygens (including phenoxy) is 1. The lowest BCUT2D eigenvalue weighted by Gasteiger charge is -2.04. The van der Waals surface area contributed by atoms with Gasteiger partial charge in [0.25, 0.3) is 5.56 Å². The van der Waals surface area contributed by atoms with Gasteiger partial charge >= 0.3 is 0 Å². The van der Waals surface area contributed by atoms with Crippen molar-refractivity contribution in [3.63, 3.8) is 0 Å². The van der Waals surface area contributed by atoms with Crippen molar-refractivity contribution in [3.05, 3.63) is 50.3 Å². The second kappa shape index (κ2) is 6.89. The van der Waals surface area contributed by atoms with Gasteiger partial charge in [-0.2, -0.15) is 5.10 Å². The van der Waals surface area contributed by atoms with Gasteiger partial charge in [-0.15, -0.1) is 0 Å². The van der Waals surface area contributed by atoms with Gasteiger partial charge in [-0.3, -0.25) is 14.7 Å². The monoisotopic (exact) mass is 352 g/mol. The van der Waals surface area contributed by atoms with E-state index >= 15 is 0 Å². The third-order valence-corrected chi connectivity index (χ3v) is 3.08. The molecular weight excluding hydrogens is 340 g/mol. The fraction of sp³-hybridized carbons (Fsp3) is 0.154. The van der Waals surface area contributed by atoms with Crippen LogP contribution in [0.5, 0.6) is 5.75 Å². The number of hydrogen-bond donors (Lipinski definition) is 3. The number of halogens is 1. The Balaban J connectivity index is 1.97. The molecular formula is C13H13BrN4O3. The van der Waals surface area contributed by atoms with Crippen molar-refractivity contribution in [1.82, 2.24) is 15.6 Å². The molecule has 0 aliphatic rings. The molecule has 1 aromatic heterocycles. The summed E-state index contributed by atoms with van der Waals surface area (Å²) in [4.78, 5) is 22.5. The number of carbonyl (C=O) groups excluding carboxylic acids is 1. The molecule has 2 rings (SSSR count). The topological polar surface area (TPSA) is 99.3 Å². The van der Waals surface area contributed by atoms with Crippen LogP contribution in [0.25, 0.3) is 0 Å². The van der Waals surface area contributed by atoms with Crippen LogP contribution in [0.1, 0.15) is 11.3 Å². The molecule has 2 aromatic rings. The van der Waals surface area contributed by atoms with Crippen molar-refractivity contribution in [1.29, 1.82) is 0 Å². The fourth-order valence-corrected chi connectivity index (χ4v) is 2.04. The number of hydrazone groups is 1. The molecule has 0 atom stereocenters. The second-order valence-electron chi connectivity index (χ2n) is 4.14. The predicted octanol–water partition coefficient (Wildman–Crippen LogP) is 1.17. The first-order chi connectivity index (χ1) is 10.1. The van der Waals surface area contributed by atoms with Crippen molar-refractivity contribution in [3.8, 4) is 5.75 Å². The van der Waals surface area contributed by atoms with E-state index in [0.29, 0.717) is 11.4 Å². The first-order valence-corrected chi connectivity index (χ1v) is 6.80. The first-order valence-electron chi connectivity index (χ1n) is 6.00. The Hall–Kier alpha value is -2.35. The van der Waals surface area contributed by atoms with Gasteiger partial charge < -0.3 is 9.84 Å². The highest BCUT2D eigenvalue weighted by molar-refractivity contribution is 9.10. The van der Waals surface area contributed by atoms with Crippen LogP contribution in [0.2, 0.25) is 0 Å². The molecule has 0 saturated heterocycles. The van der Waals surface area contributed by atoms with Crippen LogP contribution in [0.4, 0.5) is 0 Å². The lowest BCUT2D eigenvalue weighted by molar-refractivity contribution is -0.120. The van der Waals surface area contributed by atoms with E-state index in [1.54, 1.807) is 13.2 Å². The molecule has 21 heavy (non-hydrogen) atoms. The summed E-state index contributed by atoms with van der Waals surface area (Å²) < 4.78 is 6.06. The zero-order valence-corrected chi connectivity index (χ0v) is 12.7. The van der Waals surface area contributed by atoms with E-state index in [2.05, 4.69) is 36.7 Å². The quantitative estimate of drug-likeness (QED) is 0.556. The number of carbonyl (C=O) groups is 1. The van der Waals surface area contributed by atoms with E-state index in [4.69, 9.17) is 4.74 Å². The lowest BCUT2D eigenvalue weighted by Crippen LogP contribution is -2.20. The maximum absolute atomic E-state index is 11.6. The Morgan fingerprint density at radius 3 is 2.90 bits per heavy atom. The molecule has 1 heterocycles. The number of nitrogens with zero attached hydrogens (tertiary/aromatic N) is 1. The average Bonchev–Trinajstić information content (AvgIpc) is 2.84. The summed E-state index contributed by atoms with van der Waals surface area (Å²) in [7, 11) is 1.56. The van der Waals surface area contributed by atoms with E-state index in [1.807, 2.05) is 12.1 Å². The van der Waals surface area contributed by atoms with Crippen molar-refractivity contribution >= 4 is 28.1 Å². The Bertz CT molecular complexity index is 720. The molecule has 110 valence electrons. The van der Waals surface area contributed by atoms with Crippen LogP contribution in [-0.4, -0.2) is 29.4 Å². The molecule has 0 aliphatic heterocycles. The Kier molecular flexibility index (Phi) is 4.94. The maximum atomic E-state index is 11.6. The predicted molar refractivity (Wildman–Crippen MR) is 81.5 cm³/mol. The third kappa shape index (κ3) is 4.32. The molecule has 0 aliphatic carbocycles. The normalized spacial score (nSPS) is 10.8. The molecule has 0 unspecified atom stereocenters. The SMILES string of the molecule is COc1ccc(Br)cc1/C=N/NC(=O)Cc1cc(=O)[nH][nH]1. The molecule has 0 fully saturated rings. The van der Waals surface area contributed by atoms with Crippen LogP contribution in [0.3, 0.4) is 0 Å². The minimum atomic E-state index is -0.338. The summed E-state index contributed by atoms with van der Waals surface area (Å²) in [5.41, 5.74) is 3.32. The van der Waals surface area contributed by atoms with Crippen LogP contribution in [-0.2, 0) is 11.2 Å². The number of aromatic amines is 2. The molecule has 1 amide bonds. The Morgan fingerprint density at radius 1 is 1.43 bits per heavy atom. The number of rotatable bonds is 5. The largest absolute Gasteiger partial charge is 0.496 e. The van der Waals surface area contributed by atoms with Gasteiger partial charge in [0.2, 0.25) is 5.91 Å². The molecule has 0 radical (unpaired) electrons. The standard InChI is InChI=1S/C13H13BrN4O3/c1-21-11-3-2-9(14)4-8(11)7-15-17-12(19)5-10-6-13(20)18-16-10/h2-4,6-7H,5H2,1H3,(H,17,19)(H2,16,18,20)/b15-7+. The average molecular weight is 353 g/mol. The Labute approximate surface area is 128 Å². The molecule has 7 nitrogen and oxygen atoms in total. The summed E-state index contributed by atoms with van der Waals surface area (Å²) in [6.45, 7) is 0. The highest BCUT2D eigenvalue weighted by Crippen LogP contribution is 2.21. The van der Waals surface area contributed by atoms with Gasteiger partial charge in [-0.05, 0) is 18.2 Å². The van der Waals surface area contributed by atoms with Crippen LogP contribution in [0.15, 0.2) is 38.6 Å². The second-order valence-corrected chi connectivity index (χ2v) is 5.06. The van der Waals surface area contributed by atoms with E-state index in [0.717, 1.165) is 10.0 Å². The Morgan fingerprint density at radius 2 is 2.24 bits per heavy atom. The third-order valence-electron chi connectivity index (χ3n) is 2.59. The zero-order chi connectivity index (χ0) is 15.2. The summed E-state index contributed by atoms with van der Waals surface area (Å²) in [6.07, 6.45) is 1.52. The van der Waals surface area contributed by atoms with Crippen molar-refractivity contribution < 1.29 is 9.53 Å². The first kappa shape index (κ1) is 15.0. The number of aromatic nitrogens is 2. The van der Waals surface area contributed by atoms with Crippen molar-refractivity contribution in [2.45, 2.75) is 6.42 Å². The number of benzene rings is 1. The van der Waals surface area contributed by atoms with Gasteiger partial charge in [0.15, 0.2) is 0 Å². The molecule has 0 saturated carbocycles. The number of H-pyrrole nitrogens is 2. The summed E-state index contributed by atoms with van der Waals surface area (Å²) in [6, 6.07) is 6.77. The number of methoxy groups -OCH3 is 1. The van der Waals surface area contributed by atoms with Gasteiger partial charge in [0, 0.05) is 21.8 Å². The minimum Gasteiger partial charge on any atom is -0.496 e. The highest BCUT2D eigenvalue weighted by Gasteiger charge is 2.05. The van der Waals surface area contributed by atoms with E-state index in [9.17, 15) is 9.59 Å². The lowest BCUT2D eigenvalue weighted by atomic mass is 10.2. The zero-order valence-electron chi connectivity index (χ0n) is 11.1. The summed E-state index contributed by atoms with van der Waals surface area (Å²) in [5.74, 6) is 0.307. The van der Waals surface area contributed by atoms with Crippen molar-refractivity contribution in [2.75, 3.05) is 7.11 Å². The van der Waals surface area contributed by atoms with Crippen LogP contribution in [0, 0.1) is 0 Å².